The van der Waals surface area contributed by atoms with Crippen LogP contribution in [0.2, 0.25) is 0 Å². The predicted octanol–water partition coefficient (Wildman–Crippen LogP) is 2.84. The summed E-state index contributed by atoms with van der Waals surface area (Å²) in [5.41, 5.74) is 9.56. The van der Waals surface area contributed by atoms with Gasteiger partial charge in [0, 0.05) is 23.3 Å². The number of fused-ring (bicyclic) bond motifs is 1. The van der Waals surface area contributed by atoms with E-state index in [0.29, 0.717) is 11.3 Å². The van der Waals surface area contributed by atoms with E-state index in [4.69, 9.17) is 15.4 Å². The monoisotopic (exact) mass is 350 g/mol. The number of aromatic nitrogens is 2. The SMILES string of the molecule is CON1OC(C)=C(C(N)=O)C1c1ccccc1-c1c[nH]c2ncccc12. The molecule has 0 aliphatic carbocycles. The van der Waals surface area contributed by atoms with Crippen molar-refractivity contribution >= 4 is 16.9 Å². The highest BCUT2D eigenvalue weighted by molar-refractivity contribution is 5.97. The van der Waals surface area contributed by atoms with E-state index >= 15 is 0 Å². The number of allylic oxidation sites excluding steroid dienone is 1. The Morgan fingerprint density at radius 1 is 1.27 bits per heavy atom. The molecule has 3 N–H and O–H groups in total. The molecule has 3 aromatic rings. The molecule has 0 fully saturated rings. The number of nitrogens with zero attached hydrogens (tertiary/aromatic N) is 2. The van der Waals surface area contributed by atoms with E-state index in [1.165, 1.54) is 12.3 Å². The van der Waals surface area contributed by atoms with Crippen molar-refractivity contribution in [2.24, 2.45) is 5.73 Å². The Bertz CT molecular complexity index is 1020. The van der Waals surface area contributed by atoms with Gasteiger partial charge in [0.1, 0.15) is 17.4 Å². The van der Waals surface area contributed by atoms with Crippen LogP contribution in [0.5, 0.6) is 0 Å². The van der Waals surface area contributed by atoms with Crippen LogP contribution in [-0.2, 0) is 14.5 Å². The number of nitrogens with two attached hydrogens (primary N) is 1. The van der Waals surface area contributed by atoms with Gasteiger partial charge in [0.05, 0.1) is 12.7 Å². The summed E-state index contributed by atoms with van der Waals surface area (Å²) >= 11 is 0. The maximum absolute atomic E-state index is 12.1. The fourth-order valence-corrected chi connectivity index (χ4v) is 3.41. The number of hydrogen-bond acceptors (Lipinski definition) is 5. The molecule has 0 bridgehead atoms. The van der Waals surface area contributed by atoms with Crippen molar-refractivity contribution in [1.29, 1.82) is 0 Å². The van der Waals surface area contributed by atoms with E-state index in [2.05, 4.69) is 9.97 Å². The molecule has 7 nitrogen and oxygen atoms in total. The number of nitrogens with one attached hydrogen (secondary N) is 1. The van der Waals surface area contributed by atoms with Crippen LogP contribution in [0.25, 0.3) is 22.2 Å². The van der Waals surface area contributed by atoms with Crippen molar-refractivity contribution in [3.8, 4) is 11.1 Å². The fraction of sp³-hybridized carbons (Fsp3) is 0.158. The first-order chi connectivity index (χ1) is 12.6. The number of hydrogen-bond donors (Lipinski definition) is 2. The predicted molar refractivity (Wildman–Crippen MR) is 96.1 cm³/mol. The minimum Gasteiger partial charge on any atom is -0.384 e. The van der Waals surface area contributed by atoms with E-state index < -0.39 is 11.9 Å². The Morgan fingerprint density at radius 3 is 2.85 bits per heavy atom. The number of H-pyrrole nitrogens is 1. The molecule has 1 amide bonds. The number of pyridine rings is 1. The first kappa shape index (κ1) is 16.3. The van der Waals surface area contributed by atoms with Gasteiger partial charge in [-0.1, -0.05) is 24.3 Å². The molecule has 1 aromatic carbocycles. The molecule has 7 heteroatoms. The molecule has 3 heterocycles. The second kappa shape index (κ2) is 6.29. The van der Waals surface area contributed by atoms with Crippen LogP contribution in [0, 0.1) is 0 Å². The van der Waals surface area contributed by atoms with Crippen LogP contribution in [-0.4, -0.2) is 28.2 Å². The average Bonchev–Trinajstić information content (AvgIpc) is 3.22. The molecule has 1 unspecified atom stereocenters. The van der Waals surface area contributed by atoms with Gasteiger partial charge in [-0.05, 0) is 35.4 Å². The molecular formula is C19H18N4O3. The number of amides is 1. The van der Waals surface area contributed by atoms with Gasteiger partial charge in [0.2, 0.25) is 5.91 Å². The topological polar surface area (TPSA) is 93.5 Å². The molecule has 0 radical (unpaired) electrons. The number of rotatable bonds is 4. The lowest BCUT2D eigenvalue weighted by Crippen LogP contribution is -2.27. The molecule has 1 aliphatic rings. The third kappa shape index (κ3) is 2.45. The quantitative estimate of drug-likeness (QED) is 0.755. The van der Waals surface area contributed by atoms with Crippen LogP contribution in [0.3, 0.4) is 0 Å². The summed E-state index contributed by atoms with van der Waals surface area (Å²) in [6, 6.07) is 11.1. The zero-order chi connectivity index (χ0) is 18.3. The molecule has 1 aliphatic heterocycles. The molecule has 1 atom stereocenters. The molecule has 132 valence electrons. The number of aromatic amines is 1. The summed E-state index contributed by atoms with van der Waals surface area (Å²) < 4.78 is 0. The number of carbonyl (C=O) groups is 1. The second-order valence-electron chi connectivity index (χ2n) is 5.99. The van der Waals surface area contributed by atoms with Crippen molar-refractivity contribution in [2.45, 2.75) is 13.0 Å². The number of primary amides is 1. The minimum atomic E-state index is -0.560. The van der Waals surface area contributed by atoms with Gasteiger partial charge in [0.25, 0.3) is 0 Å². The maximum Gasteiger partial charge on any atom is 0.250 e. The molecule has 2 aromatic heterocycles. The average molecular weight is 350 g/mol. The van der Waals surface area contributed by atoms with E-state index in [1.54, 1.807) is 13.1 Å². The van der Waals surface area contributed by atoms with Crippen molar-refractivity contribution in [2.75, 3.05) is 7.11 Å². The number of benzene rings is 1. The number of carbonyl (C=O) groups excluding carboxylic acids is 1. The van der Waals surface area contributed by atoms with Crippen LogP contribution in [0.15, 0.2) is 60.1 Å². The van der Waals surface area contributed by atoms with Gasteiger partial charge in [0.15, 0.2) is 0 Å². The normalized spacial score (nSPS) is 17.7. The lowest BCUT2D eigenvalue weighted by molar-refractivity contribution is -0.339. The zero-order valence-corrected chi connectivity index (χ0v) is 14.4. The molecule has 0 saturated carbocycles. The van der Waals surface area contributed by atoms with Gasteiger partial charge < -0.3 is 15.6 Å². The second-order valence-corrected chi connectivity index (χ2v) is 5.99. The summed E-state index contributed by atoms with van der Waals surface area (Å²) in [7, 11) is 1.49. The third-order valence-corrected chi connectivity index (χ3v) is 4.53. The summed E-state index contributed by atoms with van der Waals surface area (Å²) in [5.74, 6) is -0.109. The van der Waals surface area contributed by atoms with Crippen LogP contribution < -0.4 is 5.73 Å². The zero-order valence-electron chi connectivity index (χ0n) is 14.4. The molecule has 4 rings (SSSR count). The molecular weight excluding hydrogens is 332 g/mol. The fourth-order valence-electron chi connectivity index (χ4n) is 3.41. The van der Waals surface area contributed by atoms with E-state index in [9.17, 15) is 4.79 Å². The Hall–Kier alpha value is -3.16. The lowest BCUT2D eigenvalue weighted by Gasteiger charge is -2.23. The van der Waals surface area contributed by atoms with E-state index in [-0.39, 0.29) is 0 Å². The Labute approximate surface area is 149 Å². The van der Waals surface area contributed by atoms with Gasteiger partial charge in [-0.15, -0.1) is 0 Å². The van der Waals surface area contributed by atoms with Gasteiger partial charge >= 0.3 is 0 Å². The summed E-state index contributed by atoms with van der Waals surface area (Å²) in [4.78, 5) is 30.5. The summed E-state index contributed by atoms with van der Waals surface area (Å²) in [6.45, 7) is 1.70. The Morgan fingerprint density at radius 2 is 2.08 bits per heavy atom. The highest BCUT2D eigenvalue weighted by Crippen LogP contribution is 2.42. The first-order valence-corrected chi connectivity index (χ1v) is 8.15. The Kier molecular flexibility index (Phi) is 3.95. The van der Waals surface area contributed by atoms with Crippen molar-refractivity contribution in [3.63, 3.8) is 0 Å². The van der Waals surface area contributed by atoms with Crippen molar-refractivity contribution in [3.05, 3.63) is 65.7 Å². The Balaban J connectivity index is 1.92. The standard InChI is InChI=1S/C19H18N4O3/c1-11-16(18(20)24)17(23(25-2)26-11)13-7-4-3-6-12(13)15-10-22-19-14(15)8-5-9-21-19/h3-10,17H,1-2H3,(H2,20,24)(H,21,22). The highest BCUT2D eigenvalue weighted by Gasteiger charge is 2.39. The van der Waals surface area contributed by atoms with E-state index in [0.717, 1.165) is 27.7 Å². The lowest BCUT2D eigenvalue weighted by atomic mass is 9.91. The molecule has 0 saturated heterocycles. The first-order valence-electron chi connectivity index (χ1n) is 8.15. The summed E-state index contributed by atoms with van der Waals surface area (Å²) in [6.07, 6.45) is 3.65. The summed E-state index contributed by atoms with van der Waals surface area (Å²) in [5, 5.41) is 2.28. The van der Waals surface area contributed by atoms with Crippen molar-refractivity contribution < 1.29 is 14.5 Å². The van der Waals surface area contributed by atoms with E-state index in [1.807, 2.05) is 42.6 Å². The third-order valence-electron chi connectivity index (χ3n) is 4.53. The van der Waals surface area contributed by atoms with Crippen molar-refractivity contribution in [1.82, 2.24) is 15.2 Å². The van der Waals surface area contributed by atoms with Gasteiger partial charge in [-0.3, -0.25) is 9.63 Å². The molecule has 0 spiro atoms. The van der Waals surface area contributed by atoms with Gasteiger partial charge in [-0.25, -0.2) is 4.98 Å². The maximum atomic E-state index is 12.1. The number of hydroxylamine groups is 2. The van der Waals surface area contributed by atoms with Crippen LogP contribution in [0.4, 0.5) is 0 Å². The van der Waals surface area contributed by atoms with Crippen LogP contribution >= 0.6 is 0 Å². The highest BCUT2D eigenvalue weighted by atomic mass is 17.0. The minimum absolute atomic E-state index is 0.372. The smallest absolute Gasteiger partial charge is 0.250 e. The molecule has 26 heavy (non-hydrogen) atoms. The largest absolute Gasteiger partial charge is 0.384 e. The van der Waals surface area contributed by atoms with Crippen LogP contribution in [0.1, 0.15) is 18.5 Å². The van der Waals surface area contributed by atoms with Gasteiger partial charge in [-0.2, -0.15) is 0 Å².